The third-order valence-electron chi connectivity index (χ3n) is 4.98. The molecule has 0 N–H and O–H groups in total. The fourth-order valence-corrected chi connectivity index (χ4v) is 3.48. The van der Waals surface area contributed by atoms with Gasteiger partial charge < -0.3 is 9.47 Å². The van der Waals surface area contributed by atoms with Gasteiger partial charge >= 0.3 is 11.9 Å². The molecule has 1 saturated heterocycles. The first kappa shape index (κ1) is 20.2. The predicted octanol–water partition coefficient (Wildman–Crippen LogP) is 2.45. The Morgan fingerprint density at radius 1 is 1.11 bits per heavy atom. The molecule has 0 spiro atoms. The molecule has 154 valence electrons. The molecule has 1 aliphatic heterocycles. The van der Waals surface area contributed by atoms with Crippen molar-refractivity contribution >= 4 is 0 Å². The number of ether oxygens (including phenoxy) is 2. The van der Waals surface area contributed by atoms with Gasteiger partial charge in [0.2, 0.25) is 5.82 Å². The van der Waals surface area contributed by atoms with E-state index < -0.39 is 17.7 Å². The Hall–Kier alpha value is -2.49. The van der Waals surface area contributed by atoms with Crippen molar-refractivity contribution in [3.63, 3.8) is 0 Å². The fraction of sp³-hybridized carbons (Fsp3) is 0.556. The van der Waals surface area contributed by atoms with Crippen LogP contribution in [0.3, 0.4) is 0 Å². The van der Waals surface area contributed by atoms with Crippen molar-refractivity contribution in [2.24, 2.45) is 7.05 Å². The Morgan fingerprint density at radius 3 is 2.14 bits per heavy atom. The van der Waals surface area contributed by atoms with Crippen LogP contribution >= 0.6 is 0 Å². The second-order valence-corrected chi connectivity index (χ2v) is 6.84. The zero-order valence-electron chi connectivity index (χ0n) is 16.0. The maximum atomic E-state index is 13.0. The number of rotatable bonds is 5. The summed E-state index contributed by atoms with van der Waals surface area (Å²) in [5.74, 6) is 0.233. The third-order valence-corrected chi connectivity index (χ3v) is 4.98. The van der Waals surface area contributed by atoms with E-state index >= 15 is 0 Å². The average Bonchev–Trinajstić information content (AvgIpc) is 2.97. The number of benzene rings is 1. The Bertz CT molecular complexity index is 861. The smallest absolute Gasteiger partial charge is 0.451 e. The van der Waals surface area contributed by atoms with Gasteiger partial charge in [-0.2, -0.15) is 13.2 Å². The van der Waals surface area contributed by atoms with Crippen LogP contribution in [-0.2, 0) is 19.8 Å². The Labute approximate surface area is 160 Å². The lowest BCUT2D eigenvalue weighted by Crippen LogP contribution is -2.37. The minimum Gasteiger partial charge on any atom is -0.497 e. The second-order valence-electron chi connectivity index (χ2n) is 6.84. The van der Waals surface area contributed by atoms with Crippen LogP contribution in [0.5, 0.6) is 11.5 Å². The van der Waals surface area contributed by atoms with E-state index in [2.05, 4.69) is 10.00 Å². The molecule has 0 amide bonds. The molecule has 10 heteroatoms. The highest BCUT2D eigenvalue weighted by molar-refractivity contribution is 5.38. The normalized spacial score (nSPS) is 16.4. The van der Waals surface area contributed by atoms with Gasteiger partial charge in [-0.15, -0.1) is 5.10 Å². The van der Waals surface area contributed by atoms with Crippen LogP contribution in [0.15, 0.2) is 23.0 Å². The number of piperidine rings is 1. The third kappa shape index (κ3) is 4.16. The average molecular weight is 400 g/mol. The SMILES string of the molecule is COc1cc(CN2CCC(n3nc(C(F)(F)F)n(C)c3=O)CC2)cc(OC)c1. The first-order valence-corrected chi connectivity index (χ1v) is 8.90. The molecule has 1 aromatic heterocycles. The van der Waals surface area contributed by atoms with E-state index in [0.717, 1.165) is 17.3 Å². The number of hydrogen-bond donors (Lipinski definition) is 0. The summed E-state index contributed by atoms with van der Waals surface area (Å²) in [5.41, 5.74) is 0.285. The molecule has 0 saturated carbocycles. The summed E-state index contributed by atoms with van der Waals surface area (Å²) in [7, 11) is 4.27. The summed E-state index contributed by atoms with van der Waals surface area (Å²) in [4.78, 5) is 14.4. The molecule has 3 rings (SSSR count). The van der Waals surface area contributed by atoms with Crippen LogP contribution in [-0.4, -0.2) is 46.6 Å². The van der Waals surface area contributed by atoms with E-state index in [4.69, 9.17) is 9.47 Å². The Morgan fingerprint density at radius 2 is 1.68 bits per heavy atom. The monoisotopic (exact) mass is 400 g/mol. The van der Waals surface area contributed by atoms with Gasteiger partial charge in [0.05, 0.1) is 20.3 Å². The highest BCUT2D eigenvalue weighted by Crippen LogP contribution is 2.29. The zero-order chi connectivity index (χ0) is 20.5. The summed E-state index contributed by atoms with van der Waals surface area (Å²) in [6, 6.07) is 5.30. The number of likely N-dealkylation sites (tertiary alicyclic amines) is 1. The molecular weight excluding hydrogens is 377 g/mol. The van der Waals surface area contributed by atoms with Crippen molar-refractivity contribution < 1.29 is 22.6 Å². The van der Waals surface area contributed by atoms with E-state index in [1.165, 1.54) is 0 Å². The molecule has 1 fully saturated rings. The lowest BCUT2D eigenvalue weighted by atomic mass is 10.0. The molecule has 2 heterocycles. The Kier molecular flexibility index (Phi) is 5.69. The Balaban J connectivity index is 1.68. The number of nitrogens with zero attached hydrogens (tertiary/aromatic N) is 4. The molecule has 7 nitrogen and oxygen atoms in total. The molecule has 1 aliphatic rings. The molecular formula is C18H23F3N4O3. The standard InChI is InChI=1S/C18H23F3N4O3/c1-23-16(18(19,20)21)22-25(17(23)26)13-4-6-24(7-5-13)11-12-8-14(27-2)10-15(9-12)28-3/h8-10,13H,4-7,11H2,1-3H3. The molecule has 0 unspecified atom stereocenters. The van der Waals surface area contributed by atoms with Crippen molar-refractivity contribution in [3.05, 3.63) is 40.1 Å². The van der Waals surface area contributed by atoms with Crippen LogP contribution in [0.25, 0.3) is 0 Å². The zero-order valence-corrected chi connectivity index (χ0v) is 16.0. The maximum absolute atomic E-state index is 13.0. The molecule has 2 aromatic rings. The van der Waals surface area contributed by atoms with E-state index in [1.54, 1.807) is 20.3 Å². The van der Waals surface area contributed by atoms with Gasteiger partial charge in [0.25, 0.3) is 0 Å². The van der Waals surface area contributed by atoms with E-state index in [-0.39, 0.29) is 6.04 Å². The molecule has 28 heavy (non-hydrogen) atoms. The number of alkyl halides is 3. The van der Waals surface area contributed by atoms with Crippen molar-refractivity contribution in [1.29, 1.82) is 0 Å². The summed E-state index contributed by atoms with van der Waals surface area (Å²) < 4.78 is 51.0. The van der Waals surface area contributed by atoms with Crippen molar-refractivity contribution in [1.82, 2.24) is 19.2 Å². The largest absolute Gasteiger partial charge is 0.497 e. The summed E-state index contributed by atoms with van der Waals surface area (Å²) in [5, 5.41) is 3.55. The van der Waals surface area contributed by atoms with Gasteiger partial charge in [-0.05, 0) is 30.5 Å². The van der Waals surface area contributed by atoms with Crippen molar-refractivity contribution in [2.75, 3.05) is 27.3 Å². The summed E-state index contributed by atoms with van der Waals surface area (Å²) in [6.45, 7) is 1.95. The van der Waals surface area contributed by atoms with Gasteiger partial charge in [0.15, 0.2) is 0 Å². The molecule has 0 aliphatic carbocycles. The minimum atomic E-state index is -4.65. The first-order chi connectivity index (χ1) is 13.2. The summed E-state index contributed by atoms with van der Waals surface area (Å²) >= 11 is 0. The van der Waals surface area contributed by atoms with Gasteiger partial charge in [-0.1, -0.05) is 0 Å². The first-order valence-electron chi connectivity index (χ1n) is 8.90. The van der Waals surface area contributed by atoms with Gasteiger partial charge in [-0.25, -0.2) is 9.48 Å². The lowest BCUT2D eigenvalue weighted by Gasteiger charge is -2.31. The van der Waals surface area contributed by atoms with Crippen molar-refractivity contribution in [3.8, 4) is 11.5 Å². The van der Waals surface area contributed by atoms with Crippen molar-refractivity contribution in [2.45, 2.75) is 31.6 Å². The maximum Gasteiger partial charge on any atom is 0.451 e. The number of hydrogen-bond acceptors (Lipinski definition) is 5. The highest BCUT2D eigenvalue weighted by atomic mass is 19.4. The minimum absolute atomic E-state index is 0.342. The lowest BCUT2D eigenvalue weighted by molar-refractivity contribution is -0.147. The topological polar surface area (TPSA) is 61.5 Å². The van der Waals surface area contributed by atoms with Gasteiger partial charge in [0, 0.05) is 32.7 Å². The number of methoxy groups -OCH3 is 2. The molecule has 0 atom stereocenters. The summed E-state index contributed by atoms with van der Waals surface area (Å²) in [6.07, 6.45) is -3.55. The highest BCUT2D eigenvalue weighted by Gasteiger charge is 2.39. The van der Waals surface area contributed by atoms with E-state index in [0.29, 0.717) is 48.5 Å². The molecule has 0 radical (unpaired) electrons. The quantitative estimate of drug-likeness (QED) is 0.772. The van der Waals surface area contributed by atoms with Crippen LogP contribution in [0.1, 0.15) is 30.3 Å². The predicted molar refractivity (Wildman–Crippen MR) is 95.6 cm³/mol. The number of aromatic nitrogens is 3. The van der Waals surface area contributed by atoms with Crippen LogP contribution in [0, 0.1) is 0 Å². The number of halogens is 3. The van der Waals surface area contributed by atoms with Crippen LogP contribution < -0.4 is 15.2 Å². The van der Waals surface area contributed by atoms with E-state index in [9.17, 15) is 18.0 Å². The molecule has 1 aromatic carbocycles. The van der Waals surface area contributed by atoms with Gasteiger partial charge in [-0.3, -0.25) is 9.47 Å². The van der Waals surface area contributed by atoms with E-state index in [1.807, 2.05) is 12.1 Å². The van der Waals surface area contributed by atoms with Crippen LogP contribution in [0.2, 0.25) is 0 Å². The van der Waals surface area contributed by atoms with Gasteiger partial charge in [0.1, 0.15) is 11.5 Å². The van der Waals surface area contributed by atoms with Crippen LogP contribution in [0.4, 0.5) is 13.2 Å². The second kappa shape index (κ2) is 7.86. The fourth-order valence-electron chi connectivity index (χ4n) is 3.48. The molecule has 0 bridgehead atoms.